The summed E-state index contributed by atoms with van der Waals surface area (Å²) in [4.78, 5) is 40.3. The van der Waals surface area contributed by atoms with Gasteiger partial charge in [0.1, 0.15) is 19.3 Å². The van der Waals surface area contributed by atoms with Gasteiger partial charge in [-0.05, 0) is 128 Å². The molecule has 1 N–H and O–H groups in total. The SMILES string of the molecule is CC/C=C\C/C=C\C/C=C\C/C=C\C/C=C\C/C=C\CCCCCCCCC(=O)OC(/C=C/CCCCCCCCCCCCC)C(COP(=O)([O-])OCC[N+](C)(C)C)NC(=O)CCCCCCCCCCCCC/C=C\C/C=C\C/C=C\C/C=C\CCCCC. The van der Waals surface area contributed by atoms with E-state index in [0.717, 1.165) is 141 Å². The van der Waals surface area contributed by atoms with Gasteiger partial charge in [-0.3, -0.25) is 14.2 Å². The van der Waals surface area contributed by atoms with E-state index in [1.54, 1.807) is 0 Å². The number of carbonyl (C=O) groups excluding carboxylic acids is 2. The Bertz CT molecular complexity index is 2020. The van der Waals surface area contributed by atoms with Gasteiger partial charge in [-0.15, -0.1) is 0 Å². The van der Waals surface area contributed by atoms with Crippen molar-refractivity contribution in [1.82, 2.24) is 5.32 Å². The van der Waals surface area contributed by atoms with E-state index < -0.39 is 26.6 Å². The lowest BCUT2D eigenvalue weighted by molar-refractivity contribution is -0.870. The molecule has 0 bridgehead atoms. The van der Waals surface area contributed by atoms with Crippen LogP contribution in [0, 0.1) is 0 Å². The fourth-order valence-electron chi connectivity index (χ4n) is 10.3. The number of hydrogen-bond acceptors (Lipinski definition) is 7. The van der Waals surface area contributed by atoms with Crippen molar-refractivity contribution in [3.8, 4) is 0 Å². The van der Waals surface area contributed by atoms with Crippen molar-refractivity contribution in [3.63, 3.8) is 0 Å². The van der Waals surface area contributed by atoms with Crippen molar-refractivity contribution in [3.05, 3.63) is 134 Å². The van der Waals surface area contributed by atoms with Gasteiger partial charge in [0.15, 0.2) is 0 Å². The summed E-state index contributed by atoms with van der Waals surface area (Å²) < 4.78 is 30.5. The van der Waals surface area contributed by atoms with E-state index in [9.17, 15) is 19.0 Å². The molecule has 1 amide bonds. The topological polar surface area (TPSA) is 114 Å². The number of nitrogens with one attached hydrogen (secondary N) is 1. The summed E-state index contributed by atoms with van der Waals surface area (Å²) in [6.45, 7) is 6.70. The molecule has 0 aliphatic rings. The van der Waals surface area contributed by atoms with Crippen LogP contribution in [0.2, 0.25) is 0 Å². The molecule has 3 atom stereocenters. The molecule has 0 saturated heterocycles. The second-order valence-corrected chi connectivity index (χ2v) is 27.5. The largest absolute Gasteiger partial charge is 0.756 e. The summed E-state index contributed by atoms with van der Waals surface area (Å²) in [6, 6.07) is -0.908. The number of nitrogens with zero attached hydrogens (tertiary/aromatic N) is 1. The van der Waals surface area contributed by atoms with Crippen LogP contribution in [0.3, 0.4) is 0 Å². The number of ether oxygens (including phenoxy) is 1. The summed E-state index contributed by atoms with van der Waals surface area (Å²) in [5.41, 5.74) is 0. The van der Waals surface area contributed by atoms with Crippen molar-refractivity contribution in [1.29, 1.82) is 0 Å². The Balaban J connectivity index is 5.11. The minimum Gasteiger partial charge on any atom is -0.756 e. The summed E-state index contributed by atoms with van der Waals surface area (Å²) in [5, 5.41) is 3.04. The van der Waals surface area contributed by atoms with Gasteiger partial charge < -0.3 is 28.5 Å². The summed E-state index contributed by atoms with van der Waals surface area (Å²) >= 11 is 0. The number of phosphoric acid groups is 1. The minimum absolute atomic E-state index is 0.0319. The molecular weight excluding hydrogens is 1140 g/mol. The van der Waals surface area contributed by atoms with E-state index in [1.807, 2.05) is 33.3 Å². The van der Waals surface area contributed by atoms with Gasteiger partial charge in [-0.2, -0.15) is 0 Å². The molecule has 10 heteroatoms. The molecule has 0 saturated carbocycles. The molecule has 0 heterocycles. The molecule has 9 nitrogen and oxygen atoms in total. The van der Waals surface area contributed by atoms with Gasteiger partial charge in [0.2, 0.25) is 5.91 Å². The molecule has 0 aromatic rings. The molecule has 0 aliphatic heterocycles. The second kappa shape index (κ2) is 69.0. The number of amides is 1. The van der Waals surface area contributed by atoms with Gasteiger partial charge >= 0.3 is 5.97 Å². The van der Waals surface area contributed by atoms with E-state index in [2.05, 4.69) is 148 Å². The van der Waals surface area contributed by atoms with Crippen molar-refractivity contribution >= 4 is 19.7 Å². The molecular formula is C81H141N2O7P. The zero-order valence-corrected chi connectivity index (χ0v) is 60.7. The van der Waals surface area contributed by atoms with Crippen LogP contribution in [0.15, 0.2) is 134 Å². The number of esters is 1. The number of unbranched alkanes of at least 4 members (excludes halogenated alkanes) is 31. The average molecular weight is 1290 g/mol. The third kappa shape index (κ3) is 70.3. The zero-order valence-electron chi connectivity index (χ0n) is 59.8. The van der Waals surface area contributed by atoms with Gasteiger partial charge in [0.25, 0.3) is 7.82 Å². The van der Waals surface area contributed by atoms with Crippen LogP contribution in [0.5, 0.6) is 0 Å². The normalized spacial score (nSPS) is 14.2. The quantitative estimate of drug-likeness (QED) is 0.0212. The number of phosphoric ester groups is 1. The lowest BCUT2D eigenvalue weighted by Crippen LogP contribution is -2.47. The van der Waals surface area contributed by atoms with Crippen molar-refractivity contribution in [2.24, 2.45) is 0 Å². The highest BCUT2D eigenvalue weighted by atomic mass is 31.2. The lowest BCUT2D eigenvalue weighted by Gasteiger charge is -2.30. The van der Waals surface area contributed by atoms with Crippen LogP contribution < -0.4 is 10.2 Å². The Labute approximate surface area is 562 Å². The second-order valence-electron chi connectivity index (χ2n) is 26.1. The Morgan fingerprint density at radius 2 is 0.703 bits per heavy atom. The Hall–Kier alpha value is -3.85. The highest BCUT2D eigenvalue weighted by Crippen LogP contribution is 2.38. The molecule has 0 aromatic carbocycles. The molecule has 522 valence electrons. The number of hydrogen-bond donors (Lipinski definition) is 1. The molecule has 0 rings (SSSR count). The highest BCUT2D eigenvalue weighted by molar-refractivity contribution is 7.45. The molecule has 0 aliphatic carbocycles. The minimum atomic E-state index is -4.72. The fourth-order valence-corrected chi connectivity index (χ4v) is 11.1. The van der Waals surface area contributed by atoms with Gasteiger partial charge in [-0.1, -0.05) is 309 Å². The van der Waals surface area contributed by atoms with Crippen LogP contribution in [-0.4, -0.2) is 69.4 Å². The zero-order chi connectivity index (χ0) is 66.3. The third-order valence-corrected chi connectivity index (χ3v) is 17.0. The standard InChI is InChI=1S/C81H141N2O7P/c1-7-10-13-16-19-22-25-28-30-32-34-36-38-40-41-43-44-46-48-50-52-55-58-61-64-67-70-73-80(84)82-78(77-89-91(86,87)88-76-75-83(4,5)6)79(72-69-66-63-60-57-54-27-24-21-18-15-12-9-3)90-81(85)74-71-68-65-62-59-56-53-51-49-47-45-42-39-37-35-33-31-29-26-23-20-17-14-11-8-2/h11,14,19-20,22-23,28-31,34-37,40-42,45,49,51,69,72,78-79H,7-10,12-13,15-18,21,24-27,32-33,38-39,43-44,46-48,50,52-68,70-71,73-77H2,1-6H3,(H-,82,84,86,87)/b14-11-,22-19-,23-20-,30-28-,31-29-,36-34-,37-35-,41-40-,45-42-,51-49-,72-69+. The van der Waals surface area contributed by atoms with Crippen LogP contribution in [-0.2, 0) is 27.9 Å². The van der Waals surface area contributed by atoms with Crippen molar-refractivity contribution in [2.45, 2.75) is 328 Å². The fraction of sp³-hybridized carbons (Fsp3) is 0.704. The Morgan fingerprint density at radius 3 is 1.08 bits per heavy atom. The van der Waals surface area contributed by atoms with Crippen molar-refractivity contribution < 1.29 is 37.3 Å². The van der Waals surface area contributed by atoms with Gasteiger partial charge in [0.05, 0.1) is 33.8 Å². The highest BCUT2D eigenvalue weighted by Gasteiger charge is 2.27. The van der Waals surface area contributed by atoms with E-state index in [-0.39, 0.29) is 24.9 Å². The van der Waals surface area contributed by atoms with E-state index >= 15 is 0 Å². The maximum atomic E-state index is 13.6. The van der Waals surface area contributed by atoms with E-state index in [1.165, 1.54) is 135 Å². The van der Waals surface area contributed by atoms with Crippen LogP contribution >= 0.6 is 7.82 Å². The molecule has 0 radical (unpaired) electrons. The van der Waals surface area contributed by atoms with E-state index in [4.69, 9.17) is 13.8 Å². The average Bonchev–Trinajstić information content (AvgIpc) is 3.70. The monoisotopic (exact) mass is 1290 g/mol. The molecule has 3 unspecified atom stereocenters. The smallest absolute Gasteiger partial charge is 0.306 e. The van der Waals surface area contributed by atoms with Crippen LogP contribution in [0.1, 0.15) is 316 Å². The Morgan fingerprint density at radius 1 is 0.396 bits per heavy atom. The summed E-state index contributed by atoms with van der Waals surface area (Å²) in [5.74, 6) is -0.562. The number of rotatable bonds is 67. The summed E-state index contributed by atoms with van der Waals surface area (Å²) in [6.07, 6.45) is 98.6. The number of carbonyl (C=O) groups is 2. The Kier molecular flexibility index (Phi) is 66.1. The molecule has 91 heavy (non-hydrogen) atoms. The number of likely N-dealkylation sites (N-methyl/N-ethyl adjacent to an activating group) is 1. The van der Waals surface area contributed by atoms with Crippen LogP contribution in [0.4, 0.5) is 0 Å². The molecule has 0 fully saturated rings. The van der Waals surface area contributed by atoms with Gasteiger partial charge in [-0.25, -0.2) is 0 Å². The van der Waals surface area contributed by atoms with Gasteiger partial charge in [0, 0.05) is 12.8 Å². The summed E-state index contributed by atoms with van der Waals surface area (Å²) in [7, 11) is 1.16. The van der Waals surface area contributed by atoms with Crippen molar-refractivity contribution in [2.75, 3.05) is 40.9 Å². The first-order chi connectivity index (χ1) is 44.4. The first kappa shape index (κ1) is 87.2. The van der Waals surface area contributed by atoms with Crippen LogP contribution in [0.25, 0.3) is 0 Å². The maximum Gasteiger partial charge on any atom is 0.306 e. The number of allylic oxidation sites excluding steroid dienone is 21. The molecule has 0 spiro atoms. The third-order valence-electron chi connectivity index (χ3n) is 16.1. The lowest BCUT2D eigenvalue weighted by atomic mass is 10.0. The van der Waals surface area contributed by atoms with E-state index in [0.29, 0.717) is 23.9 Å². The predicted octanol–water partition coefficient (Wildman–Crippen LogP) is 23.7. The molecule has 0 aromatic heterocycles. The number of quaternary nitrogens is 1. The first-order valence-electron chi connectivity index (χ1n) is 37.5. The maximum absolute atomic E-state index is 13.6. The first-order valence-corrected chi connectivity index (χ1v) is 39.0. The predicted molar refractivity (Wildman–Crippen MR) is 394 cm³/mol.